The van der Waals surface area contributed by atoms with E-state index >= 15 is 0 Å². The van der Waals surface area contributed by atoms with E-state index in [4.69, 9.17) is 32.8 Å². The van der Waals surface area contributed by atoms with Crippen molar-refractivity contribution >= 4 is 21.9 Å². The van der Waals surface area contributed by atoms with E-state index in [0.29, 0.717) is 0 Å². The molecule has 2 aromatic carbocycles. The third kappa shape index (κ3) is 5.06. The van der Waals surface area contributed by atoms with Crippen LogP contribution in [-0.2, 0) is 14.2 Å². The Kier molecular flexibility index (Phi) is 8.35. The number of phenols is 2. The Balaban J connectivity index is 1.46. The maximum absolute atomic E-state index is 13.3. The first kappa shape index (κ1) is 30.0. The lowest BCUT2D eigenvalue weighted by Gasteiger charge is -2.41. The quantitative estimate of drug-likeness (QED) is 0.137. The van der Waals surface area contributed by atoms with Crippen LogP contribution in [-0.4, -0.2) is 124 Å². The summed E-state index contributed by atoms with van der Waals surface area (Å²) in [6.45, 7) is -0.869. The summed E-state index contributed by atoms with van der Waals surface area (Å²) in [7, 11) is 2.52. The number of methoxy groups -OCH3 is 2. The number of aromatic hydroxyl groups is 2. The van der Waals surface area contributed by atoms with Gasteiger partial charge in [0.05, 0.1) is 27.4 Å². The van der Waals surface area contributed by atoms with E-state index in [-0.39, 0.29) is 45.8 Å². The largest absolute Gasteiger partial charge is 0.507 e. The summed E-state index contributed by atoms with van der Waals surface area (Å²) in [5.41, 5.74) is -1.26. The van der Waals surface area contributed by atoms with E-state index in [1.54, 1.807) is 0 Å². The van der Waals surface area contributed by atoms with Crippen LogP contribution in [0.2, 0.25) is 0 Å². The molecule has 0 bridgehead atoms. The topological polar surface area (TPSA) is 247 Å². The third-order valence-electron chi connectivity index (χ3n) is 7.15. The van der Waals surface area contributed by atoms with Crippen molar-refractivity contribution in [2.24, 2.45) is 0 Å². The molecule has 5 rings (SSSR count). The second-order valence-electron chi connectivity index (χ2n) is 9.77. The molecule has 0 aliphatic carbocycles. The van der Waals surface area contributed by atoms with E-state index < -0.39 is 78.8 Å². The highest BCUT2D eigenvalue weighted by molar-refractivity contribution is 6.00. The standard InChI is InChI=1S/C26H30O16/c1-36-11-4-3-8(27)14-18(32)15-9(28)5-12(23(37-2)24(15)42-22(11)14)40-26-21(35)19(33)17(31)13(41-26)7-39-25-20(34)16(30)10(29)6-38-25/h3-5,10,13,16-17,19-21,25-31,33-35H,6-7H2,1-2H3/t10-,13-,16+,17-,19+,20-,21-,25+,26-/m1/s1. The molecule has 2 saturated heterocycles. The van der Waals surface area contributed by atoms with Gasteiger partial charge in [-0.3, -0.25) is 4.79 Å². The molecule has 3 heterocycles. The van der Waals surface area contributed by atoms with Gasteiger partial charge >= 0.3 is 0 Å². The molecule has 0 unspecified atom stereocenters. The smallest absolute Gasteiger partial charge is 0.229 e. The Morgan fingerprint density at radius 1 is 0.810 bits per heavy atom. The fourth-order valence-electron chi connectivity index (χ4n) is 4.86. The zero-order valence-electron chi connectivity index (χ0n) is 22.2. The molecule has 9 atom stereocenters. The van der Waals surface area contributed by atoms with Crippen LogP contribution in [0.3, 0.4) is 0 Å². The summed E-state index contributed by atoms with van der Waals surface area (Å²) in [5, 5.41) is 81.5. The molecule has 230 valence electrons. The second kappa shape index (κ2) is 11.7. The highest BCUT2D eigenvalue weighted by Crippen LogP contribution is 2.44. The van der Waals surface area contributed by atoms with Crippen LogP contribution in [0.4, 0.5) is 0 Å². The predicted molar refractivity (Wildman–Crippen MR) is 137 cm³/mol. The fourth-order valence-corrected chi connectivity index (χ4v) is 4.86. The average Bonchev–Trinajstić information content (AvgIpc) is 2.96. The van der Waals surface area contributed by atoms with Crippen LogP contribution in [0.1, 0.15) is 0 Å². The maximum atomic E-state index is 13.3. The lowest BCUT2D eigenvalue weighted by Crippen LogP contribution is -2.61. The minimum atomic E-state index is -1.84. The van der Waals surface area contributed by atoms with Crippen molar-refractivity contribution in [3.63, 3.8) is 0 Å². The zero-order valence-corrected chi connectivity index (χ0v) is 22.2. The normalized spacial score (nSPS) is 31.8. The van der Waals surface area contributed by atoms with Gasteiger partial charge in [-0.25, -0.2) is 0 Å². The van der Waals surface area contributed by atoms with E-state index in [0.717, 1.165) is 6.07 Å². The summed E-state index contributed by atoms with van der Waals surface area (Å²) in [5.74, 6) is -1.51. The number of hydrogen-bond acceptors (Lipinski definition) is 16. The van der Waals surface area contributed by atoms with E-state index in [9.17, 15) is 45.6 Å². The molecule has 2 aliphatic rings. The van der Waals surface area contributed by atoms with Gasteiger partial charge in [0.15, 0.2) is 29.0 Å². The van der Waals surface area contributed by atoms with Crippen LogP contribution in [0.5, 0.6) is 28.7 Å². The molecule has 8 N–H and O–H groups in total. The van der Waals surface area contributed by atoms with Crippen molar-refractivity contribution < 1.29 is 73.7 Å². The van der Waals surface area contributed by atoms with Crippen molar-refractivity contribution in [1.29, 1.82) is 0 Å². The van der Waals surface area contributed by atoms with Gasteiger partial charge in [0.2, 0.25) is 17.5 Å². The van der Waals surface area contributed by atoms with Crippen molar-refractivity contribution in [2.75, 3.05) is 27.4 Å². The first-order valence-corrected chi connectivity index (χ1v) is 12.7. The van der Waals surface area contributed by atoms with Crippen molar-refractivity contribution in [3.8, 4) is 28.7 Å². The first-order valence-electron chi connectivity index (χ1n) is 12.7. The predicted octanol–water partition coefficient (Wildman–Crippen LogP) is -1.98. The molecular formula is C26H30O16. The van der Waals surface area contributed by atoms with Crippen LogP contribution in [0.25, 0.3) is 21.9 Å². The molecule has 16 nitrogen and oxygen atoms in total. The summed E-state index contributed by atoms with van der Waals surface area (Å²) in [6.07, 6.45) is -14.4. The number of benzene rings is 2. The Morgan fingerprint density at radius 2 is 1.50 bits per heavy atom. The second-order valence-corrected chi connectivity index (χ2v) is 9.77. The molecule has 1 aromatic heterocycles. The molecule has 16 heteroatoms. The molecule has 0 radical (unpaired) electrons. The highest BCUT2D eigenvalue weighted by Gasteiger charge is 2.47. The molecule has 2 aliphatic heterocycles. The van der Waals surface area contributed by atoms with Gasteiger partial charge in [-0.05, 0) is 12.1 Å². The Bertz CT molecular complexity index is 1510. The monoisotopic (exact) mass is 598 g/mol. The Morgan fingerprint density at radius 3 is 2.19 bits per heavy atom. The molecule has 0 saturated carbocycles. The zero-order chi connectivity index (χ0) is 30.5. The summed E-state index contributed by atoms with van der Waals surface area (Å²) >= 11 is 0. The van der Waals surface area contributed by atoms with Gasteiger partial charge in [-0.2, -0.15) is 0 Å². The summed E-state index contributed by atoms with van der Waals surface area (Å²) in [6, 6.07) is 3.56. The van der Waals surface area contributed by atoms with Gasteiger partial charge in [-0.1, -0.05) is 0 Å². The number of rotatable bonds is 7. The number of aliphatic hydroxyl groups is 6. The number of aliphatic hydroxyl groups excluding tert-OH is 6. The van der Waals surface area contributed by atoms with E-state index in [2.05, 4.69) is 0 Å². The van der Waals surface area contributed by atoms with E-state index in [1.807, 2.05) is 0 Å². The summed E-state index contributed by atoms with van der Waals surface area (Å²) < 4.78 is 38.3. The SMILES string of the molecule is COc1ccc(O)c2c(=O)c3c(O)cc(O[C@@H]4O[C@H](CO[C@@H]5OC[C@@H](O)[C@H](O)[C@H]5O)[C@@H](O)[C@H](O)[C@H]4O)c(OC)c3oc12. The molecular weight excluding hydrogens is 568 g/mol. The maximum Gasteiger partial charge on any atom is 0.229 e. The van der Waals surface area contributed by atoms with Crippen molar-refractivity contribution in [2.45, 2.75) is 55.3 Å². The Labute approximate surface area is 236 Å². The highest BCUT2D eigenvalue weighted by atomic mass is 16.7. The average molecular weight is 599 g/mol. The van der Waals surface area contributed by atoms with E-state index in [1.165, 1.54) is 26.4 Å². The fraction of sp³-hybridized carbons (Fsp3) is 0.500. The van der Waals surface area contributed by atoms with Gasteiger partial charge < -0.3 is 73.7 Å². The molecule has 42 heavy (non-hydrogen) atoms. The Hall–Kier alpha value is -3.45. The molecule has 0 spiro atoms. The van der Waals surface area contributed by atoms with Crippen LogP contribution in [0, 0.1) is 0 Å². The number of fused-ring (bicyclic) bond motifs is 2. The lowest BCUT2D eigenvalue weighted by molar-refractivity contribution is -0.307. The number of hydrogen-bond donors (Lipinski definition) is 8. The van der Waals surface area contributed by atoms with Crippen LogP contribution >= 0.6 is 0 Å². The molecule has 2 fully saturated rings. The summed E-state index contributed by atoms with van der Waals surface area (Å²) in [4.78, 5) is 13.3. The molecule has 0 amide bonds. The molecule has 3 aromatic rings. The minimum absolute atomic E-state index is 0.0924. The van der Waals surface area contributed by atoms with Crippen molar-refractivity contribution in [3.05, 3.63) is 28.4 Å². The van der Waals surface area contributed by atoms with Gasteiger partial charge in [0, 0.05) is 6.07 Å². The van der Waals surface area contributed by atoms with Gasteiger partial charge in [-0.15, -0.1) is 0 Å². The third-order valence-corrected chi connectivity index (χ3v) is 7.15. The van der Waals surface area contributed by atoms with Crippen molar-refractivity contribution in [1.82, 2.24) is 0 Å². The van der Waals surface area contributed by atoms with Crippen LogP contribution in [0.15, 0.2) is 27.4 Å². The van der Waals surface area contributed by atoms with Gasteiger partial charge in [0.25, 0.3) is 0 Å². The first-order chi connectivity index (χ1) is 20.0. The number of phenolic OH excluding ortho intramolecular Hbond substituents is 2. The number of ether oxygens (including phenoxy) is 6. The minimum Gasteiger partial charge on any atom is -0.507 e. The lowest BCUT2D eigenvalue weighted by atomic mass is 9.99. The van der Waals surface area contributed by atoms with Gasteiger partial charge in [0.1, 0.15) is 65.0 Å². The van der Waals surface area contributed by atoms with Crippen LogP contribution < -0.4 is 19.6 Å².